The third kappa shape index (κ3) is 71.9. The molecule has 98 heavy (non-hydrogen) atoms. The van der Waals surface area contributed by atoms with Crippen LogP contribution in [0.15, 0.2) is 24.3 Å². The smallest absolute Gasteiger partial charge is 0.462 e. The van der Waals surface area contributed by atoms with Gasteiger partial charge in [0.05, 0.1) is 26.4 Å². The van der Waals surface area contributed by atoms with E-state index in [1.54, 1.807) is 0 Å². The summed E-state index contributed by atoms with van der Waals surface area (Å²) < 4.78 is 68.5. The molecule has 17 nitrogen and oxygen atoms in total. The maximum atomic E-state index is 13.1. The second-order valence-corrected chi connectivity index (χ2v) is 31.2. The van der Waals surface area contributed by atoms with Crippen molar-refractivity contribution in [1.82, 2.24) is 0 Å². The highest BCUT2D eigenvalue weighted by Gasteiger charge is 2.30. The number of aliphatic hydroxyl groups excluding tert-OH is 1. The van der Waals surface area contributed by atoms with Crippen LogP contribution in [-0.4, -0.2) is 96.7 Å². The quantitative estimate of drug-likeness (QED) is 0.0169. The Morgan fingerprint density at radius 2 is 0.551 bits per heavy atom. The standard InChI is InChI=1S/C79H150O17P2/c1-6-9-12-15-18-21-24-27-29-30-31-32-33-34-35-37-39-42-45-48-55-60-65-79(84)95-74(68-89-76(81)62-57-52-46-43-41-38-36-28-25-22-19-16-13-10-7-2)70-93-97(85,86)91-66-73(80)67-92-98(87,88)94-71-75(69-90-77(82)63-58-53-50-49-51-56-61-72(4)5)96-78(83)64-59-54-47-44-40-26-23-20-17-14-11-8-3/h22,25,28,36,72-75,80H,6-21,23-24,26-27,29-35,37-71H2,1-5H3,(H,85,86)(H,87,88)/b25-22-,36-28-/t73-,74-,75-/m1/s1. The van der Waals surface area contributed by atoms with E-state index in [1.165, 1.54) is 193 Å². The molecule has 0 fully saturated rings. The van der Waals surface area contributed by atoms with E-state index in [-0.39, 0.29) is 25.7 Å². The number of aliphatic hydroxyl groups is 1. The van der Waals surface area contributed by atoms with Crippen molar-refractivity contribution in [2.75, 3.05) is 39.6 Å². The number of hydrogen-bond acceptors (Lipinski definition) is 15. The Kier molecular flexibility index (Phi) is 69.7. The first-order valence-electron chi connectivity index (χ1n) is 40.5. The van der Waals surface area contributed by atoms with Crippen LogP contribution in [0.5, 0.6) is 0 Å². The third-order valence-corrected chi connectivity index (χ3v) is 19.8. The summed E-state index contributed by atoms with van der Waals surface area (Å²) in [5.74, 6) is -1.47. The number of allylic oxidation sites excluding steroid dienone is 4. The van der Waals surface area contributed by atoms with Gasteiger partial charge in [-0.25, -0.2) is 9.13 Å². The molecule has 0 saturated carbocycles. The lowest BCUT2D eigenvalue weighted by Crippen LogP contribution is -2.30. The van der Waals surface area contributed by atoms with Crippen molar-refractivity contribution in [3.05, 3.63) is 24.3 Å². The van der Waals surface area contributed by atoms with Gasteiger partial charge in [-0.2, -0.15) is 0 Å². The van der Waals surface area contributed by atoms with Crippen LogP contribution >= 0.6 is 15.6 Å². The molecule has 0 aromatic carbocycles. The zero-order chi connectivity index (χ0) is 71.9. The number of carbonyl (C=O) groups is 4. The van der Waals surface area contributed by atoms with Crippen LogP contribution in [-0.2, 0) is 65.4 Å². The van der Waals surface area contributed by atoms with Gasteiger partial charge in [-0.1, -0.05) is 341 Å². The van der Waals surface area contributed by atoms with Gasteiger partial charge in [0.1, 0.15) is 19.3 Å². The topological polar surface area (TPSA) is 237 Å². The van der Waals surface area contributed by atoms with Gasteiger partial charge < -0.3 is 33.8 Å². The summed E-state index contributed by atoms with van der Waals surface area (Å²) in [6, 6.07) is 0. The lowest BCUT2D eigenvalue weighted by atomic mass is 10.0. The summed E-state index contributed by atoms with van der Waals surface area (Å²) in [5, 5.41) is 10.6. The van der Waals surface area contributed by atoms with Crippen LogP contribution in [0.2, 0.25) is 0 Å². The lowest BCUT2D eigenvalue weighted by molar-refractivity contribution is -0.161. The molecule has 0 aromatic heterocycles. The van der Waals surface area contributed by atoms with Crippen molar-refractivity contribution >= 4 is 39.5 Å². The molecule has 0 heterocycles. The lowest BCUT2D eigenvalue weighted by Gasteiger charge is -2.21. The largest absolute Gasteiger partial charge is 0.472 e. The van der Waals surface area contributed by atoms with Crippen molar-refractivity contribution in [3.63, 3.8) is 0 Å². The van der Waals surface area contributed by atoms with Gasteiger partial charge in [-0.3, -0.25) is 37.3 Å². The monoisotopic (exact) mass is 1430 g/mol. The van der Waals surface area contributed by atoms with Crippen LogP contribution in [0, 0.1) is 5.92 Å². The molecule has 5 atom stereocenters. The van der Waals surface area contributed by atoms with Gasteiger partial charge >= 0.3 is 39.5 Å². The third-order valence-electron chi connectivity index (χ3n) is 17.9. The zero-order valence-electron chi connectivity index (χ0n) is 63.4. The summed E-state index contributed by atoms with van der Waals surface area (Å²) in [4.78, 5) is 72.8. The molecule has 2 unspecified atom stereocenters. The van der Waals surface area contributed by atoms with Crippen molar-refractivity contribution in [2.45, 2.75) is 412 Å². The van der Waals surface area contributed by atoms with Crippen LogP contribution in [0.25, 0.3) is 0 Å². The maximum Gasteiger partial charge on any atom is 0.472 e. The van der Waals surface area contributed by atoms with Crippen LogP contribution in [0.1, 0.15) is 394 Å². The van der Waals surface area contributed by atoms with Gasteiger partial charge in [0.25, 0.3) is 0 Å². The van der Waals surface area contributed by atoms with Gasteiger partial charge in [0, 0.05) is 25.7 Å². The van der Waals surface area contributed by atoms with Gasteiger partial charge in [-0.05, 0) is 57.3 Å². The first kappa shape index (κ1) is 95.5. The summed E-state index contributed by atoms with van der Waals surface area (Å²) in [6.45, 7) is 7.15. The van der Waals surface area contributed by atoms with E-state index >= 15 is 0 Å². The first-order chi connectivity index (χ1) is 47.5. The molecule has 3 N–H and O–H groups in total. The number of ether oxygens (including phenoxy) is 4. The van der Waals surface area contributed by atoms with E-state index in [0.29, 0.717) is 31.6 Å². The Balaban J connectivity index is 5.22. The summed E-state index contributed by atoms with van der Waals surface area (Å²) in [6.07, 6.45) is 64.9. The number of hydrogen-bond donors (Lipinski definition) is 3. The normalized spacial score (nSPS) is 14.1. The minimum atomic E-state index is -4.97. The highest BCUT2D eigenvalue weighted by Crippen LogP contribution is 2.45. The van der Waals surface area contributed by atoms with Crippen LogP contribution in [0.3, 0.4) is 0 Å². The number of esters is 4. The van der Waals surface area contributed by atoms with Gasteiger partial charge in [0.2, 0.25) is 0 Å². The summed E-state index contributed by atoms with van der Waals surface area (Å²) in [5.41, 5.74) is 0. The predicted octanol–water partition coefficient (Wildman–Crippen LogP) is 23.2. The van der Waals surface area contributed by atoms with Crippen molar-refractivity contribution in [3.8, 4) is 0 Å². The number of phosphoric ester groups is 2. The Morgan fingerprint density at radius 3 is 0.837 bits per heavy atom. The van der Waals surface area contributed by atoms with Gasteiger partial charge in [0.15, 0.2) is 12.2 Å². The molecule has 19 heteroatoms. The fourth-order valence-corrected chi connectivity index (χ4v) is 13.3. The molecule has 0 aliphatic heterocycles. The number of phosphoric acid groups is 2. The number of rotatable bonds is 77. The second-order valence-electron chi connectivity index (χ2n) is 28.2. The minimum absolute atomic E-state index is 0.102. The Labute approximate surface area is 599 Å². The molecule has 578 valence electrons. The van der Waals surface area contributed by atoms with E-state index in [4.69, 9.17) is 37.0 Å². The summed E-state index contributed by atoms with van der Waals surface area (Å²) in [7, 11) is -9.92. The van der Waals surface area contributed by atoms with Crippen LogP contribution < -0.4 is 0 Å². The molecule has 0 radical (unpaired) electrons. The molecule has 0 rings (SSSR count). The molecule has 0 spiro atoms. The highest BCUT2D eigenvalue weighted by atomic mass is 31.2. The predicted molar refractivity (Wildman–Crippen MR) is 400 cm³/mol. The molecule has 0 saturated heterocycles. The number of carbonyl (C=O) groups excluding carboxylic acids is 4. The van der Waals surface area contributed by atoms with E-state index < -0.39 is 97.5 Å². The first-order valence-corrected chi connectivity index (χ1v) is 43.4. The SMILES string of the molecule is CCCCCC/C=C\C=C/CCCCCCCC(=O)OC[C@H](COP(=O)(O)OC[C@@H](O)COP(=O)(O)OC[C@@H](COC(=O)CCCCCCCCC(C)C)OC(=O)CCCCCCCCCCCCCC)OC(=O)CCCCCCCCCCCCCCCCCCCCCCCC. The Hall–Kier alpha value is -2.46. The van der Waals surface area contributed by atoms with E-state index in [0.717, 1.165) is 116 Å². The molecule has 0 aliphatic carbocycles. The van der Waals surface area contributed by atoms with E-state index in [9.17, 15) is 43.2 Å². The van der Waals surface area contributed by atoms with Crippen molar-refractivity contribution in [1.29, 1.82) is 0 Å². The highest BCUT2D eigenvalue weighted by molar-refractivity contribution is 7.47. The maximum absolute atomic E-state index is 13.1. The number of unbranched alkanes of at least 4 members (excludes halogenated alkanes) is 46. The Morgan fingerprint density at radius 1 is 0.316 bits per heavy atom. The van der Waals surface area contributed by atoms with E-state index in [2.05, 4.69) is 58.9 Å². The van der Waals surface area contributed by atoms with Gasteiger partial charge in [-0.15, -0.1) is 0 Å². The fourth-order valence-electron chi connectivity index (χ4n) is 11.7. The fraction of sp³-hybridized carbons (Fsp3) is 0.899. The average molecular weight is 1430 g/mol. The molecule has 0 aromatic rings. The second kappa shape index (κ2) is 71.5. The van der Waals surface area contributed by atoms with E-state index in [1.807, 2.05) is 0 Å². The van der Waals surface area contributed by atoms with Crippen molar-refractivity contribution < 1.29 is 80.2 Å². The molecule has 0 aliphatic rings. The minimum Gasteiger partial charge on any atom is -0.462 e. The molecular formula is C79H150O17P2. The molecular weight excluding hydrogens is 1280 g/mol. The molecule has 0 amide bonds. The Bertz CT molecular complexity index is 1970. The average Bonchev–Trinajstić information content (AvgIpc) is 1.34. The van der Waals surface area contributed by atoms with Crippen LogP contribution in [0.4, 0.5) is 0 Å². The molecule has 0 bridgehead atoms. The zero-order valence-corrected chi connectivity index (χ0v) is 65.2. The van der Waals surface area contributed by atoms with Crippen molar-refractivity contribution in [2.24, 2.45) is 5.92 Å². The summed E-state index contributed by atoms with van der Waals surface area (Å²) >= 11 is 0.